The second-order valence-corrected chi connectivity index (χ2v) is 6.13. The summed E-state index contributed by atoms with van der Waals surface area (Å²) in [7, 11) is 1.94. The van der Waals surface area contributed by atoms with Crippen LogP contribution in [0.4, 0.5) is 5.82 Å². The van der Waals surface area contributed by atoms with Crippen LogP contribution in [0.15, 0.2) is 36.5 Å². The fourth-order valence-corrected chi connectivity index (χ4v) is 2.86. The maximum absolute atomic E-state index is 13.0. The highest BCUT2D eigenvalue weighted by Crippen LogP contribution is 2.21. The van der Waals surface area contributed by atoms with E-state index in [9.17, 15) is 9.59 Å². The Labute approximate surface area is 157 Å². The summed E-state index contributed by atoms with van der Waals surface area (Å²) >= 11 is 0. The van der Waals surface area contributed by atoms with Gasteiger partial charge in [-0.25, -0.2) is 9.97 Å². The molecule has 0 unspecified atom stereocenters. The Hall–Kier alpha value is -3.22. The summed E-state index contributed by atoms with van der Waals surface area (Å²) in [5.41, 5.74) is 2.75. The van der Waals surface area contributed by atoms with Crippen LogP contribution in [0.25, 0.3) is 11.0 Å². The minimum Gasteiger partial charge on any atom is -0.466 e. The summed E-state index contributed by atoms with van der Waals surface area (Å²) in [6, 6.07) is 8.91. The maximum Gasteiger partial charge on any atom is 0.307 e. The van der Waals surface area contributed by atoms with E-state index in [1.54, 1.807) is 37.4 Å². The fraction of sp³-hybridized carbons (Fsp3) is 0.300. The standard InChI is InChI=1S/C20H22N4O3/c1-4-27-18(25)9-11-22-20-15(6-5-10-21-20)19(26)14-7-8-17-16(12-14)23-13(2)24(17)3/h5-8,10,12H,4,9,11H2,1-3H3,(H,21,22). The fourth-order valence-electron chi connectivity index (χ4n) is 2.86. The van der Waals surface area contributed by atoms with Crippen molar-refractivity contribution in [2.24, 2.45) is 7.05 Å². The number of fused-ring (bicyclic) bond motifs is 1. The number of hydrogen-bond donors (Lipinski definition) is 1. The van der Waals surface area contributed by atoms with Crippen molar-refractivity contribution in [2.75, 3.05) is 18.5 Å². The maximum atomic E-state index is 13.0. The van der Waals surface area contributed by atoms with Gasteiger partial charge in [-0.15, -0.1) is 0 Å². The Morgan fingerprint density at radius 2 is 2.07 bits per heavy atom. The van der Waals surface area contributed by atoms with Crippen LogP contribution in [0.1, 0.15) is 35.1 Å². The first-order valence-corrected chi connectivity index (χ1v) is 8.83. The molecule has 0 aliphatic heterocycles. The topological polar surface area (TPSA) is 86.1 Å². The van der Waals surface area contributed by atoms with Crippen molar-refractivity contribution in [1.82, 2.24) is 14.5 Å². The van der Waals surface area contributed by atoms with Crippen molar-refractivity contribution in [3.63, 3.8) is 0 Å². The lowest BCUT2D eigenvalue weighted by Crippen LogP contribution is -2.14. The number of nitrogens with zero attached hydrogens (tertiary/aromatic N) is 3. The minimum absolute atomic E-state index is 0.146. The highest BCUT2D eigenvalue weighted by atomic mass is 16.5. The predicted molar refractivity (Wildman–Crippen MR) is 103 cm³/mol. The van der Waals surface area contributed by atoms with Crippen LogP contribution in [0.2, 0.25) is 0 Å². The lowest BCUT2D eigenvalue weighted by atomic mass is 10.0. The Bertz CT molecular complexity index is 994. The number of aryl methyl sites for hydroxylation is 2. The molecule has 140 valence electrons. The number of carbonyl (C=O) groups is 2. The molecule has 0 saturated heterocycles. The van der Waals surface area contributed by atoms with Gasteiger partial charge >= 0.3 is 5.97 Å². The lowest BCUT2D eigenvalue weighted by molar-refractivity contribution is -0.142. The molecule has 0 radical (unpaired) electrons. The Kier molecular flexibility index (Phi) is 5.49. The molecule has 0 aliphatic carbocycles. The molecule has 7 heteroatoms. The van der Waals surface area contributed by atoms with Crippen molar-refractivity contribution in [3.05, 3.63) is 53.5 Å². The van der Waals surface area contributed by atoms with Crippen molar-refractivity contribution in [2.45, 2.75) is 20.3 Å². The normalized spacial score (nSPS) is 10.8. The number of anilines is 1. The Morgan fingerprint density at radius 3 is 2.85 bits per heavy atom. The van der Waals surface area contributed by atoms with Crippen LogP contribution in [-0.4, -0.2) is 39.4 Å². The number of esters is 1. The molecule has 2 heterocycles. The zero-order valence-electron chi connectivity index (χ0n) is 15.7. The number of nitrogens with one attached hydrogen (secondary N) is 1. The van der Waals surface area contributed by atoms with Crippen molar-refractivity contribution < 1.29 is 14.3 Å². The number of carbonyl (C=O) groups excluding carboxylic acids is 2. The van der Waals surface area contributed by atoms with Gasteiger partial charge in [-0.2, -0.15) is 0 Å². The molecular weight excluding hydrogens is 344 g/mol. The van der Waals surface area contributed by atoms with Crippen LogP contribution in [0.5, 0.6) is 0 Å². The average Bonchev–Trinajstić information content (AvgIpc) is 2.95. The number of ether oxygens (including phenoxy) is 1. The molecule has 0 amide bonds. The summed E-state index contributed by atoms with van der Waals surface area (Å²) < 4.78 is 6.89. The first kappa shape index (κ1) is 18.6. The van der Waals surface area contributed by atoms with E-state index in [0.29, 0.717) is 30.1 Å². The minimum atomic E-state index is -0.287. The van der Waals surface area contributed by atoms with Gasteiger partial charge in [0.2, 0.25) is 0 Å². The van der Waals surface area contributed by atoms with Gasteiger partial charge < -0.3 is 14.6 Å². The van der Waals surface area contributed by atoms with Crippen LogP contribution < -0.4 is 5.32 Å². The van der Waals surface area contributed by atoms with Crippen LogP contribution in [0, 0.1) is 6.92 Å². The third-order valence-electron chi connectivity index (χ3n) is 4.35. The first-order valence-electron chi connectivity index (χ1n) is 8.83. The number of aromatic nitrogens is 3. The largest absolute Gasteiger partial charge is 0.466 e. The zero-order valence-corrected chi connectivity index (χ0v) is 15.7. The molecule has 0 saturated carbocycles. The van der Waals surface area contributed by atoms with Crippen LogP contribution in [0.3, 0.4) is 0 Å². The molecule has 27 heavy (non-hydrogen) atoms. The van der Waals surface area contributed by atoms with Gasteiger partial charge in [0.25, 0.3) is 0 Å². The van der Waals surface area contributed by atoms with Crippen molar-refractivity contribution >= 4 is 28.6 Å². The molecule has 1 aromatic carbocycles. The van der Waals surface area contributed by atoms with Crippen molar-refractivity contribution in [1.29, 1.82) is 0 Å². The molecule has 0 atom stereocenters. The predicted octanol–water partition coefficient (Wildman–Crippen LogP) is 2.87. The third kappa shape index (κ3) is 3.97. The van der Waals surface area contributed by atoms with E-state index in [0.717, 1.165) is 16.9 Å². The van der Waals surface area contributed by atoms with Gasteiger partial charge in [0.15, 0.2) is 5.78 Å². The van der Waals surface area contributed by atoms with E-state index in [4.69, 9.17) is 4.74 Å². The van der Waals surface area contributed by atoms with E-state index in [1.165, 1.54) is 0 Å². The summed E-state index contributed by atoms with van der Waals surface area (Å²) in [5.74, 6) is 0.901. The quantitative estimate of drug-likeness (QED) is 0.511. The van der Waals surface area contributed by atoms with E-state index in [1.807, 2.05) is 24.6 Å². The zero-order chi connectivity index (χ0) is 19.4. The molecule has 2 aromatic heterocycles. The van der Waals surface area contributed by atoms with Crippen LogP contribution >= 0.6 is 0 Å². The Morgan fingerprint density at radius 1 is 1.26 bits per heavy atom. The molecule has 3 aromatic rings. The van der Waals surface area contributed by atoms with Gasteiger partial charge in [0.1, 0.15) is 11.6 Å². The number of rotatable bonds is 7. The molecule has 0 bridgehead atoms. The monoisotopic (exact) mass is 366 g/mol. The SMILES string of the molecule is CCOC(=O)CCNc1ncccc1C(=O)c1ccc2c(c1)nc(C)n2C. The molecular formula is C20H22N4O3. The second kappa shape index (κ2) is 7.99. The molecule has 0 aliphatic rings. The molecule has 7 nitrogen and oxygen atoms in total. The van der Waals surface area contributed by atoms with Gasteiger partial charge in [-0.1, -0.05) is 0 Å². The lowest BCUT2D eigenvalue weighted by Gasteiger charge is -2.10. The first-order chi connectivity index (χ1) is 13.0. The second-order valence-electron chi connectivity index (χ2n) is 6.13. The molecule has 1 N–H and O–H groups in total. The number of ketones is 1. The third-order valence-corrected chi connectivity index (χ3v) is 4.35. The number of pyridine rings is 1. The molecule has 0 fully saturated rings. The van der Waals surface area contributed by atoms with Gasteiger partial charge in [0.05, 0.1) is 29.6 Å². The van der Waals surface area contributed by atoms with E-state index in [2.05, 4.69) is 15.3 Å². The molecule has 0 spiro atoms. The van der Waals surface area contributed by atoms with E-state index in [-0.39, 0.29) is 18.2 Å². The van der Waals surface area contributed by atoms with Crippen molar-refractivity contribution in [3.8, 4) is 0 Å². The summed E-state index contributed by atoms with van der Waals surface area (Å²) in [5, 5.41) is 3.05. The Balaban J connectivity index is 1.81. The number of imidazole rings is 1. The average molecular weight is 366 g/mol. The van der Waals surface area contributed by atoms with Gasteiger partial charge in [-0.05, 0) is 44.2 Å². The summed E-state index contributed by atoms with van der Waals surface area (Å²) in [6.45, 7) is 4.38. The summed E-state index contributed by atoms with van der Waals surface area (Å²) in [4.78, 5) is 33.2. The van der Waals surface area contributed by atoms with Crippen LogP contribution in [-0.2, 0) is 16.6 Å². The van der Waals surface area contributed by atoms with E-state index >= 15 is 0 Å². The van der Waals surface area contributed by atoms with Gasteiger partial charge in [0, 0.05) is 25.4 Å². The van der Waals surface area contributed by atoms with Gasteiger partial charge in [-0.3, -0.25) is 9.59 Å². The highest BCUT2D eigenvalue weighted by molar-refractivity contribution is 6.12. The molecule has 3 rings (SSSR count). The number of benzene rings is 1. The highest BCUT2D eigenvalue weighted by Gasteiger charge is 2.16. The number of hydrogen-bond acceptors (Lipinski definition) is 6. The summed E-state index contributed by atoms with van der Waals surface area (Å²) in [6.07, 6.45) is 1.81. The smallest absolute Gasteiger partial charge is 0.307 e. The van der Waals surface area contributed by atoms with E-state index < -0.39 is 0 Å².